The van der Waals surface area contributed by atoms with Gasteiger partial charge in [-0.15, -0.1) is 0 Å². The van der Waals surface area contributed by atoms with Crippen molar-refractivity contribution in [3.05, 3.63) is 47.5 Å². The van der Waals surface area contributed by atoms with Crippen molar-refractivity contribution < 1.29 is 4.39 Å². The number of nitrogens with zero attached hydrogens (tertiary/aromatic N) is 2. The second-order valence-electron chi connectivity index (χ2n) is 3.45. The molecule has 0 saturated heterocycles. The second-order valence-corrected chi connectivity index (χ2v) is 3.45. The molecule has 2 aromatic rings. The monoisotopic (exact) mass is 205 g/mol. The summed E-state index contributed by atoms with van der Waals surface area (Å²) in [5.74, 6) is -0.305. The second kappa shape index (κ2) is 3.82. The molecule has 3 nitrogen and oxygen atoms in total. The van der Waals surface area contributed by atoms with Crippen molar-refractivity contribution in [3.63, 3.8) is 0 Å². The van der Waals surface area contributed by atoms with Gasteiger partial charge in [-0.2, -0.15) is 5.10 Å². The first-order valence-electron chi connectivity index (χ1n) is 4.71. The zero-order valence-corrected chi connectivity index (χ0v) is 8.44. The first kappa shape index (κ1) is 9.86. The highest BCUT2D eigenvalue weighted by atomic mass is 19.1. The van der Waals surface area contributed by atoms with Crippen molar-refractivity contribution in [2.75, 3.05) is 0 Å². The van der Waals surface area contributed by atoms with E-state index < -0.39 is 0 Å². The van der Waals surface area contributed by atoms with Crippen LogP contribution in [0.1, 0.15) is 11.1 Å². The van der Waals surface area contributed by atoms with E-state index in [2.05, 4.69) is 5.10 Å². The molecular weight excluding hydrogens is 193 g/mol. The summed E-state index contributed by atoms with van der Waals surface area (Å²) < 4.78 is 15.1. The fraction of sp³-hybridized carbons (Fsp3) is 0.182. The molecule has 0 atom stereocenters. The molecule has 0 radical (unpaired) electrons. The molecule has 0 saturated carbocycles. The lowest BCUT2D eigenvalue weighted by Gasteiger charge is -2.04. The minimum atomic E-state index is -0.305. The first-order valence-corrected chi connectivity index (χ1v) is 4.71. The molecule has 0 aliphatic heterocycles. The van der Waals surface area contributed by atoms with Crippen LogP contribution in [0.3, 0.4) is 0 Å². The van der Waals surface area contributed by atoms with Gasteiger partial charge in [0.05, 0.1) is 6.20 Å². The number of rotatable bonds is 2. The highest BCUT2D eigenvalue weighted by Gasteiger charge is 2.05. The molecule has 0 amide bonds. The van der Waals surface area contributed by atoms with Crippen molar-refractivity contribution in [3.8, 4) is 5.69 Å². The predicted molar refractivity (Wildman–Crippen MR) is 56.2 cm³/mol. The van der Waals surface area contributed by atoms with E-state index in [1.165, 1.54) is 10.7 Å². The van der Waals surface area contributed by atoms with Crippen molar-refractivity contribution in [2.24, 2.45) is 5.73 Å². The largest absolute Gasteiger partial charge is 0.326 e. The Morgan fingerprint density at radius 2 is 2.27 bits per heavy atom. The molecule has 0 unspecified atom stereocenters. The van der Waals surface area contributed by atoms with Crippen LogP contribution in [0.4, 0.5) is 4.39 Å². The summed E-state index contributed by atoms with van der Waals surface area (Å²) in [7, 11) is 0. The quantitative estimate of drug-likeness (QED) is 0.812. The van der Waals surface area contributed by atoms with Crippen LogP contribution in [0.15, 0.2) is 30.6 Å². The smallest absolute Gasteiger partial charge is 0.149 e. The molecule has 15 heavy (non-hydrogen) atoms. The summed E-state index contributed by atoms with van der Waals surface area (Å²) in [5.41, 5.74) is 7.64. The van der Waals surface area contributed by atoms with Crippen LogP contribution in [0, 0.1) is 12.7 Å². The zero-order chi connectivity index (χ0) is 10.8. The topological polar surface area (TPSA) is 43.8 Å². The van der Waals surface area contributed by atoms with Gasteiger partial charge in [-0.05, 0) is 30.2 Å². The SMILES string of the molecule is Cc1cnn(-c2ccc(CN)cc2F)c1. The van der Waals surface area contributed by atoms with E-state index in [1.54, 1.807) is 24.5 Å². The molecule has 0 spiro atoms. The van der Waals surface area contributed by atoms with E-state index in [0.29, 0.717) is 12.2 Å². The minimum Gasteiger partial charge on any atom is -0.326 e. The molecule has 0 bridgehead atoms. The van der Waals surface area contributed by atoms with Gasteiger partial charge < -0.3 is 5.73 Å². The summed E-state index contributed by atoms with van der Waals surface area (Å²) in [6, 6.07) is 4.92. The highest BCUT2D eigenvalue weighted by Crippen LogP contribution is 2.14. The van der Waals surface area contributed by atoms with Crippen LogP contribution in [-0.4, -0.2) is 9.78 Å². The highest BCUT2D eigenvalue weighted by molar-refractivity contribution is 5.36. The zero-order valence-electron chi connectivity index (χ0n) is 8.44. The van der Waals surface area contributed by atoms with E-state index in [-0.39, 0.29) is 5.82 Å². The summed E-state index contributed by atoms with van der Waals surface area (Å²) in [6.07, 6.45) is 3.47. The fourth-order valence-electron chi connectivity index (χ4n) is 1.41. The number of hydrogen-bond acceptors (Lipinski definition) is 2. The Bertz CT molecular complexity index is 476. The lowest BCUT2D eigenvalue weighted by atomic mass is 10.2. The van der Waals surface area contributed by atoms with Crippen LogP contribution in [0.5, 0.6) is 0 Å². The molecule has 2 rings (SSSR count). The van der Waals surface area contributed by atoms with Gasteiger partial charge in [-0.1, -0.05) is 6.07 Å². The maximum Gasteiger partial charge on any atom is 0.149 e. The number of benzene rings is 1. The Kier molecular flexibility index (Phi) is 2.51. The third-order valence-corrected chi connectivity index (χ3v) is 2.21. The third kappa shape index (κ3) is 1.89. The summed E-state index contributed by atoms with van der Waals surface area (Å²) >= 11 is 0. The number of aryl methyl sites for hydroxylation is 1. The Balaban J connectivity index is 2.45. The average Bonchev–Trinajstić information content (AvgIpc) is 2.64. The van der Waals surface area contributed by atoms with Crippen molar-refractivity contribution in [1.82, 2.24) is 9.78 Å². The normalized spacial score (nSPS) is 10.6. The van der Waals surface area contributed by atoms with E-state index in [0.717, 1.165) is 11.1 Å². The number of nitrogens with two attached hydrogens (primary N) is 1. The van der Waals surface area contributed by atoms with Crippen LogP contribution in [0.25, 0.3) is 5.69 Å². The van der Waals surface area contributed by atoms with Gasteiger partial charge in [0.15, 0.2) is 0 Å². The molecule has 1 aromatic heterocycles. The number of hydrogen-bond donors (Lipinski definition) is 1. The summed E-state index contributed by atoms with van der Waals surface area (Å²) in [6.45, 7) is 2.25. The van der Waals surface area contributed by atoms with Crippen LogP contribution < -0.4 is 5.73 Å². The lowest BCUT2D eigenvalue weighted by Crippen LogP contribution is -2.01. The van der Waals surface area contributed by atoms with Crippen LogP contribution in [-0.2, 0) is 6.54 Å². The predicted octanol–water partition coefficient (Wildman–Crippen LogP) is 1.78. The Morgan fingerprint density at radius 1 is 1.47 bits per heavy atom. The number of aromatic nitrogens is 2. The number of halogens is 1. The Hall–Kier alpha value is -1.68. The Morgan fingerprint density at radius 3 is 2.80 bits per heavy atom. The summed E-state index contributed by atoms with van der Waals surface area (Å²) in [4.78, 5) is 0. The molecular formula is C11H12FN3. The maximum absolute atomic E-state index is 13.6. The van der Waals surface area contributed by atoms with E-state index in [1.807, 2.05) is 6.92 Å². The van der Waals surface area contributed by atoms with E-state index in [9.17, 15) is 4.39 Å². The third-order valence-electron chi connectivity index (χ3n) is 2.21. The standard InChI is InChI=1S/C11H12FN3/c1-8-6-14-15(7-8)11-3-2-9(5-13)4-10(11)12/h2-4,6-7H,5,13H2,1H3. The van der Waals surface area contributed by atoms with E-state index in [4.69, 9.17) is 5.73 Å². The van der Waals surface area contributed by atoms with Gasteiger partial charge in [0.1, 0.15) is 11.5 Å². The van der Waals surface area contributed by atoms with Gasteiger partial charge in [0.25, 0.3) is 0 Å². The molecule has 4 heteroatoms. The molecule has 0 aliphatic rings. The van der Waals surface area contributed by atoms with Crippen LogP contribution >= 0.6 is 0 Å². The Labute approximate surface area is 87.3 Å². The van der Waals surface area contributed by atoms with Gasteiger partial charge in [0.2, 0.25) is 0 Å². The van der Waals surface area contributed by atoms with Gasteiger partial charge in [-0.25, -0.2) is 9.07 Å². The van der Waals surface area contributed by atoms with Crippen molar-refractivity contribution in [2.45, 2.75) is 13.5 Å². The van der Waals surface area contributed by atoms with Gasteiger partial charge in [0, 0.05) is 12.7 Å². The fourth-order valence-corrected chi connectivity index (χ4v) is 1.41. The molecule has 0 fully saturated rings. The summed E-state index contributed by atoms with van der Waals surface area (Å²) in [5, 5.41) is 4.05. The molecule has 1 aromatic carbocycles. The molecule has 0 aliphatic carbocycles. The van der Waals surface area contributed by atoms with E-state index >= 15 is 0 Å². The molecule has 1 heterocycles. The lowest BCUT2D eigenvalue weighted by molar-refractivity contribution is 0.608. The van der Waals surface area contributed by atoms with Gasteiger partial charge >= 0.3 is 0 Å². The molecule has 2 N–H and O–H groups in total. The maximum atomic E-state index is 13.6. The average molecular weight is 205 g/mol. The first-order chi connectivity index (χ1) is 7.20. The van der Waals surface area contributed by atoms with Crippen molar-refractivity contribution in [1.29, 1.82) is 0 Å². The van der Waals surface area contributed by atoms with Crippen molar-refractivity contribution >= 4 is 0 Å². The molecule has 78 valence electrons. The minimum absolute atomic E-state index is 0.305. The van der Waals surface area contributed by atoms with Gasteiger partial charge in [-0.3, -0.25) is 0 Å². The van der Waals surface area contributed by atoms with Crippen LogP contribution in [0.2, 0.25) is 0 Å².